The van der Waals surface area contributed by atoms with Crippen molar-refractivity contribution in [2.75, 3.05) is 0 Å². The van der Waals surface area contributed by atoms with Crippen molar-refractivity contribution in [2.24, 2.45) is 0 Å². The van der Waals surface area contributed by atoms with Crippen LogP contribution in [-0.2, 0) is 44.3 Å². The van der Waals surface area contributed by atoms with Crippen LogP contribution in [0.5, 0.6) is 17.2 Å². The van der Waals surface area contributed by atoms with Crippen molar-refractivity contribution in [1.82, 2.24) is 0 Å². The first kappa shape index (κ1) is 37.2. The molecular formula is C23H16O8PW+. The number of hydrogen-bond donors (Lipinski definition) is 0. The molecule has 8 nitrogen and oxygen atoms in total. The quantitative estimate of drug-likeness (QED) is 0.215. The van der Waals surface area contributed by atoms with Gasteiger partial charge in [-0.25, -0.2) is 0 Å². The summed E-state index contributed by atoms with van der Waals surface area (Å²) in [6.45, 7) is 22.5. The van der Waals surface area contributed by atoms with Gasteiger partial charge in [-0.1, -0.05) is 54.6 Å². The minimum absolute atomic E-state index is 0. The Bertz CT molecular complexity index is 764. The van der Waals surface area contributed by atoms with E-state index in [1.54, 1.807) is 0 Å². The SMILES string of the molecule is [C-]#[O+].[C-]#[O+].[C-]#[O+].[C-]#[O+].[C-]#[O+].[W].c1ccc(O[PH+](Oc2ccccc2)Oc2ccccc2)cc1. The topological polar surface area (TPSA) is 127 Å². The molecule has 0 amide bonds. The molecule has 0 aliphatic rings. The van der Waals surface area contributed by atoms with E-state index >= 15 is 0 Å². The Morgan fingerprint density at radius 1 is 0.394 bits per heavy atom. The van der Waals surface area contributed by atoms with Crippen LogP contribution < -0.4 is 13.6 Å². The van der Waals surface area contributed by atoms with E-state index < -0.39 is 8.60 Å². The van der Waals surface area contributed by atoms with Gasteiger partial charge in [0.05, 0.1) is 0 Å². The van der Waals surface area contributed by atoms with Crippen molar-refractivity contribution in [1.29, 1.82) is 0 Å². The molecule has 0 fully saturated rings. The molecule has 0 aliphatic carbocycles. The summed E-state index contributed by atoms with van der Waals surface area (Å²) in [6.07, 6.45) is 0. The predicted molar refractivity (Wildman–Crippen MR) is 109 cm³/mol. The van der Waals surface area contributed by atoms with Crippen molar-refractivity contribution in [2.45, 2.75) is 0 Å². The summed E-state index contributed by atoms with van der Waals surface area (Å²) in [5, 5.41) is 0. The molecule has 166 valence electrons. The van der Waals surface area contributed by atoms with Gasteiger partial charge in [-0.05, 0) is 36.4 Å². The third-order valence-corrected chi connectivity index (χ3v) is 4.04. The summed E-state index contributed by atoms with van der Waals surface area (Å²) in [4.78, 5) is 0. The third-order valence-electron chi connectivity index (χ3n) is 2.83. The number of benzene rings is 3. The van der Waals surface area contributed by atoms with E-state index in [1.165, 1.54) is 0 Å². The number of rotatable bonds is 6. The van der Waals surface area contributed by atoms with Crippen LogP contribution in [0, 0.1) is 33.3 Å². The Morgan fingerprint density at radius 2 is 0.576 bits per heavy atom. The van der Waals surface area contributed by atoms with E-state index in [1.807, 2.05) is 91.0 Å². The molecule has 10 heteroatoms. The van der Waals surface area contributed by atoms with Crippen molar-refractivity contribution in [3.63, 3.8) is 0 Å². The van der Waals surface area contributed by atoms with Gasteiger partial charge in [0, 0.05) is 21.1 Å². The molecule has 0 atom stereocenters. The molecule has 3 aromatic rings. The molecule has 3 rings (SSSR count). The molecule has 0 unspecified atom stereocenters. The van der Waals surface area contributed by atoms with Crippen molar-refractivity contribution in [3.05, 3.63) is 124 Å². The summed E-state index contributed by atoms with van der Waals surface area (Å²) in [6, 6.07) is 28.6. The number of hydrogen-bond acceptors (Lipinski definition) is 3. The van der Waals surface area contributed by atoms with E-state index in [0.717, 1.165) is 17.2 Å². The molecule has 0 bridgehead atoms. The standard InChI is InChI=1S/C18H16O3P.5CO.W/c1-4-10-16(11-5-1)19-22(20-17-12-6-2-7-13-17)21-18-14-8-3-9-15-18;5*1-2;/h1-15,22H;;;;;;/q+1;;;;;;. The molecule has 0 aliphatic heterocycles. The Kier molecular flexibility index (Phi) is 35.0. The Labute approximate surface area is 207 Å². The van der Waals surface area contributed by atoms with Gasteiger partial charge >= 0.3 is 65.1 Å². The third kappa shape index (κ3) is 19.3. The smallest absolute Gasteiger partial charge is 0.273 e. The summed E-state index contributed by atoms with van der Waals surface area (Å²) < 4.78 is 55.1. The second kappa shape index (κ2) is 31.1. The average molecular weight is 635 g/mol. The number of para-hydroxylation sites is 3. The Balaban J connectivity index is -0.000000340. The van der Waals surface area contributed by atoms with Crippen LogP contribution in [0.3, 0.4) is 0 Å². The van der Waals surface area contributed by atoms with Gasteiger partial charge < -0.3 is 0 Å². The minimum atomic E-state index is -2.00. The summed E-state index contributed by atoms with van der Waals surface area (Å²) in [5.41, 5.74) is 0. The molecule has 0 spiro atoms. The zero-order chi connectivity index (χ0) is 25.0. The second-order valence-electron chi connectivity index (χ2n) is 4.50. The van der Waals surface area contributed by atoms with Gasteiger partial charge in [0.15, 0.2) is 17.2 Å². The van der Waals surface area contributed by atoms with Crippen molar-refractivity contribution in [3.8, 4) is 17.2 Å². The fourth-order valence-corrected chi connectivity index (χ4v) is 2.93. The molecule has 33 heavy (non-hydrogen) atoms. The summed E-state index contributed by atoms with van der Waals surface area (Å²) in [7, 11) is -2.00. The fraction of sp³-hybridized carbons (Fsp3) is 0. The maximum atomic E-state index is 7.50. The largest absolute Gasteiger partial charge is 0.528 e. The van der Waals surface area contributed by atoms with E-state index in [4.69, 9.17) is 36.8 Å². The molecule has 0 saturated heterocycles. The van der Waals surface area contributed by atoms with Gasteiger partial charge in [0.2, 0.25) is 0 Å². The monoisotopic (exact) mass is 635 g/mol. The van der Waals surface area contributed by atoms with Crippen LogP contribution in [0.1, 0.15) is 0 Å². The summed E-state index contributed by atoms with van der Waals surface area (Å²) >= 11 is 0. The molecule has 0 aromatic heterocycles. The maximum Gasteiger partial charge on any atom is 0.528 e. The van der Waals surface area contributed by atoms with Crippen LogP contribution in [0.2, 0.25) is 0 Å². The van der Waals surface area contributed by atoms with E-state index in [9.17, 15) is 0 Å². The van der Waals surface area contributed by atoms with Gasteiger partial charge in [0.1, 0.15) is 0 Å². The molecule has 0 radical (unpaired) electrons. The first-order valence-electron chi connectivity index (χ1n) is 7.98. The van der Waals surface area contributed by atoms with Gasteiger partial charge in [-0.15, -0.1) is 0 Å². The molecule has 0 heterocycles. The van der Waals surface area contributed by atoms with E-state index in [-0.39, 0.29) is 21.1 Å². The summed E-state index contributed by atoms with van der Waals surface area (Å²) in [5.74, 6) is 2.18. The minimum Gasteiger partial charge on any atom is -0.273 e. The van der Waals surface area contributed by atoms with Gasteiger partial charge in [-0.2, -0.15) is 0 Å². The average Bonchev–Trinajstić information content (AvgIpc) is 2.92. The van der Waals surface area contributed by atoms with Crippen LogP contribution >= 0.6 is 8.60 Å². The zero-order valence-corrected chi connectivity index (χ0v) is 20.8. The second-order valence-corrected chi connectivity index (χ2v) is 5.61. The molecular weight excluding hydrogens is 619 g/mol. The van der Waals surface area contributed by atoms with Crippen LogP contribution in [0.4, 0.5) is 0 Å². The van der Waals surface area contributed by atoms with E-state index in [2.05, 4.69) is 33.3 Å². The molecule has 0 saturated carbocycles. The van der Waals surface area contributed by atoms with Crippen molar-refractivity contribution < 1.29 is 57.9 Å². The first-order valence-corrected chi connectivity index (χ1v) is 9.20. The maximum absolute atomic E-state index is 7.50. The van der Waals surface area contributed by atoms with Gasteiger partial charge in [-0.3, -0.25) is 13.6 Å². The Morgan fingerprint density at radius 3 is 0.758 bits per heavy atom. The van der Waals surface area contributed by atoms with E-state index in [0.29, 0.717) is 0 Å². The van der Waals surface area contributed by atoms with Crippen molar-refractivity contribution >= 4 is 8.60 Å². The van der Waals surface area contributed by atoms with Crippen LogP contribution in [0.25, 0.3) is 0 Å². The first-order chi connectivity index (χ1) is 15.9. The molecule has 0 N–H and O–H groups in total. The Hall–Kier alpha value is -3.12. The predicted octanol–water partition coefficient (Wildman–Crippen LogP) is 4.99. The van der Waals surface area contributed by atoms with Crippen LogP contribution in [-0.4, -0.2) is 0 Å². The fourth-order valence-electron chi connectivity index (χ4n) is 1.82. The van der Waals surface area contributed by atoms with Gasteiger partial charge in [0.25, 0.3) is 0 Å². The molecule has 3 aromatic carbocycles. The van der Waals surface area contributed by atoms with Crippen LogP contribution in [0.15, 0.2) is 91.0 Å². The normalized spacial score (nSPS) is 7.12. The zero-order valence-electron chi connectivity index (χ0n) is 16.8.